The van der Waals surface area contributed by atoms with Crippen LogP contribution in [0.1, 0.15) is 0 Å². The minimum Gasteiger partial charge on any atom is -0.225 e. The van der Waals surface area contributed by atoms with Gasteiger partial charge in [0.25, 0.3) is 0 Å². The van der Waals surface area contributed by atoms with Crippen LogP contribution in [0, 0.1) is 0 Å². The Morgan fingerprint density at radius 2 is 1.53 bits per heavy atom. The molecule has 0 aliphatic carbocycles. The molecule has 6 heteroatoms. The first-order valence-electron chi connectivity index (χ1n) is 3.96. The van der Waals surface area contributed by atoms with Crippen molar-refractivity contribution < 1.29 is 0 Å². The Morgan fingerprint density at radius 1 is 0.867 bits per heavy atom. The Morgan fingerprint density at radius 3 is 2.20 bits per heavy atom. The summed E-state index contributed by atoms with van der Waals surface area (Å²) < 4.78 is 2.84. The molecule has 1 heterocycles. The second-order valence-corrected chi connectivity index (χ2v) is 5.13. The molecule has 0 saturated heterocycles. The molecule has 0 spiro atoms. The first-order chi connectivity index (χ1) is 7.20. The van der Waals surface area contributed by atoms with Crippen LogP contribution in [-0.4, -0.2) is 15.0 Å². The molecule has 2 aromatic rings. The van der Waals surface area contributed by atoms with E-state index in [1.807, 2.05) is 12.1 Å². The molecule has 0 bridgehead atoms. The summed E-state index contributed by atoms with van der Waals surface area (Å²) in [5, 5.41) is 0. The van der Waals surface area contributed by atoms with Gasteiger partial charge in [-0.1, -0.05) is 0 Å². The van der Waals surface area contributed by atoms with E-state index in [0.717, 1.165) is 19.0 Å². The molecule has 0 radical (unpaired) electrons. The van der Waals surface area contributed by atoms with Gasteiger partial charge < -0.3 is 0 Å². The Labute approximate surface area is 112 Å². The highest BCUT2D eigenvalue weighted by Gasteiger charge is 2.10. The number of halogens is 3. The van der Waals surface area contributed by atoms with Crippen molar-refractivity contribution in [1.29, 1.82) is 0 Å². The quantitative estimate of drug-likeness (QED) is 0.691. The third kappa shape index (κ3) is 2.26. The van der Waals surface area contributed by atoms with Gasteiger partial charge in [0.2, 0.25) is 0 Å². The van der Waals surface area contributed by atoms with Gasteiger partial charge in [-0.15, -0.1) is 0 Å². The lowest BCUT2D eigenvalue weighted by atomic mass is 10.2. The molecule has 1 aromatic heterocycles. The first-order valence-corrected chi connectivity index (χ1v) is 6.34. The molecular weight excluding hydrogens is 390 g/mol. The van der Waals surface area contributed by atoms with Crippen LogP contribution in [0.4, 0.5) is 0 Å². The average molecular weight is 394 g/mol. The fraction of sp³-hybridized carbons (Fsp3) is 0. The fourth-order valence-electron chi connectivity index (χ4n) is 1.08. The normalized spacial score (nSPS) is 10.3. The van der Waals surface area contributed by atoms with Crippen molar-refractivity contribution in [3.63, 3.8) is 0 Å². The summed E-state index contributed by atoms with van der Waals surface area (Å²) in [6, 6.07) is 3.88. The summed E-state index contributed by atoms with van der Waals surface area (Å²) in [6.07, 6.45) is 2.95. The maximum atomic E-state index is 4.09. The average Bonchev–Trinajstić information content (AvgIpc) is 2.27. The molecule has 15 heavy (non-hydrogen) atoms. The highest BCUT2D eigenvalue weighted by atomic mass is 79.9. The zero-order chi connectivity index (χ0) is 10.8. The number of rotatable bonds is 1. The van der Waals surface area contributed by atoms with Crippen LogP contribution < -0.4 is 0 Å². The number of hydrogen-bond donors (Lipinski definition) is 0. The molecule has 2 rings (SSSR count). The van der Waals surface area contributed by atoms with Crippen molar-refractivity contribution in [3.05, 3.63) is 38.2 Å². The molecule has 76 valence electrons. The van der Waals surface area contributed by atoms with E-state index >= 15 is 0 Å². The molecule has 0 unspecified atom stereocenters. The third-order valence-corrected chi connectivity index (χ3v) is 5.14. The van der Waals surface area contributed by atoms with Crippen LogP contribution in [0.25, 0.3) is 11.4 Å². The Hall–Kier alpha value is -0.330. The van der Waals surface area contributed by atoms with Crippen molar-refractivity contribution in [2.75, 3.05) is 0 Å². The molecule has 0 atom stereocenters. The van der Waals surface area contributed by atoms with Crippen molar-refractivity contribution >= 4 is 47.8 Å². The van der Waals surface area contributed by atoms with E-state index in [1.165, 1.54) is 12.7 Å². The summed E-state index contributed by atoms with van der Waals surface area (Å²) in [6.45, 7) is 0. The molecule has 0 aliphatic heterocycles. The maximum Gasteiger partial charge on any atom is 0.163 e. The lowest BCUT2D eigenvalue weighted by molar-refractivity contribution is 1.05. The van der Waals surface area contributed by atoms with Crippen LogP contribution in [0.5, 0.6) is 0 Å². The smallest absolute Gasteiger partial charge is 0.163 e. The minimum atomic E-state index is 0.644. The zero-order valence-electron chi connectivity index (χ0n) is 7.28. The SMILES string of the molecule is Brc1ccc(-c2ncncn2)c(Br)c1Br. The molecular formula is C9H4Br3N3. The summed E-state index contributed by atoms with van der Waals surface area (Å²) in [4.78, 5) is 12.0. The van der Waals surface area contributed by atoms with E-state index < -0.39 is 0 Å². The van der Waals surface area contributed by atoms with Gasteiger partial charge in [-0.05, 0) is 59.9 Å². The largest absolute Gasteiger partial charge is 0.225 e. The Bertz CT molecular complexity index is 487. The third-order valence-electron chi connectivity index (χ3n) is 1.77. The fourth-order valence-corrected chi connectivity index (χ4v) is 2.54. The summed E-state index contributed by atoms with van der Waals surface area (Å²) in [7, 11) is 0. The number of hydrogen-bond acceptors (Lipinski definition) is 3. The second kappa shape index (κ2) is 4.67. The van der Waals surface area contributed by atoms with E-state index in [2.05, 4.69) is 62.7 Å². The van der Waals surface area contributed by atoms with Gasteiger partial charge in [-0.3, -0.25) is 0 Å². The molecule has 0 N–H and O–H groups in total. The Kier molecular flexibility index (Phi) is 3.48. The van der Waals surface area contributed by atoms with Crippen LogP contribution in [-0.2, 0) is 0 Å². The lowest BCUT2D eigenvalue weighted by Gasteiger charge is -2.05. The molecule has 3 nitrogen and oxygen atoms in total. The monoisotopic (exact) mass is 391 g/mol. The minimum absolute atomic E-state index is 0.644. The van der Waals surface area contributed by atoms with Crippen LogP contribution in [0.3, 0.4) is 0 Å². The zero-order valence-corrected chi connectivity index (χ0v) is 12.0. The number of benzene rings is 1. The van der Waals surface area contributed by atoms with Gasteiger partial charge in [0, 0.05) is 19.0 Å². The lowest BCUT2D eigenvalue weighted by Crippen LogP contribution is -1.90. The highest BCUT2D eigenvalue weighted by Crippen LogP contribution is 2.37. The predicted octanol–water partition coefficient (Wildman–Crippen LogP) is 3.83. The second-order valence-electron chi connectivity index (χ2n) is 2.68. The van der Waals surface area contributed by atoms with E-state index in [-0.39, 0.29) is 0 Å². The van der Waals surface area contributed by atoms with Crippen LogP contribution >= 0.6 is 47.8 Å². The molecule has 1 aromatic carbocycles. The van der Waals surface area contributed by atoms with Crippen molar-refractivity contribution in [2.24, 2.45) is 0 Å². The number of nitrogens with zero attached hydrogens (tertiary/aromatic N) is 3. The highest BCUT2D eigenvalue weighted by molar-refractivity contribution is 9.14. The summed E-state index contributed by atoms with van der Waals surface area (Å²) in [5.74, 6) is 0.644. The topological polar surface area (TPSA) is 38.7 Å². The molecule has 0 amide bonds. The summed E-state index contributed by atoms with van der Waals surface area (Å²) in [5.41, 5.74) is 0.924. The van der Waals surface area contributed by atoms with Gasteiger partial charge in [-0.25, -0.2) is 15.0 Å². The standard InChI is InChI=1S/C9H4Br3N3/c10-6-2-1-5(7(11)8(6)12)9-14-3-13-4-15-9/h1-4H. The van der Waals surface area contributed by atoms with Crippen LogP contribution in [0.2, 0.25) is 0 Å². The van der Waals surface area contributed by atoms with E-state index in [9.17, 15) is 0 Å². The molecule has 0 aliphatic rings. The number of aromatic nitrogens is 3. The van der Waals surface area contributed by atoms with Gasteiger partial charge in [-0.2, -0.15) is 0 Å². The van der Waals surface area contributed by atoms with Gasteiger partial charge in [0.1, 0.15) is 12.7 Å². The van der Waals surface area contributed by atoms with Crippen LogP contribution in [0.15, 0.2) is 38.2 Å². The first kappa shape index (κ1) is 11.2. The van der Waals surface area contributed by atoms with E-state index in [1.54, 1.807) is 0 Å². The molecule has 0 saturated carbocycles. The van der Waals surface area contributed by atoms with Gasteiger partial charge in [0.15, 0.2) is 5.82 Å². The summed E-state index contributed by atoms with van der Waals surface area (Å²) >= 11 is 10.4. The predicted molar refractivity (Wildman–Crippen MR) is 68.4 cm³/mol. The maximum absolute atomic E-state index is 4.09. The molecule has 0 fully saturated rings. The van der Waals surface area contributed by atoms with Gasteiger partial charge in [0.05, 0.1) is 0 Å². The van der Waals surface area contributed by atoms with Crippen molar-refractivity contribution in [2.45, 2.75) is 0 Å². The van der Waals surface area contributed by atoms with E-state index in [4.69, 9.17) is 0 Å². The van der Waals surface area contributed by atoms with Crippen molar-refractivity contribution in [3.8, 4) is 11.4 Å². The van der Waals surface area contributed by atoms with Gasteiger partial charge >= 0.3 is 0 Å². The van der Waals surface area contributed by atoms with E-state index in [0.29, 0.717) is 5.82 Å². The Balaban J connectivity index is 2.60. The van der Waals surface area contributed by atoms with Crippen molar-refractivity contribution in [1.82, 2.24) is 15.0 Å².